The van der Waals surface area contributed by atoms with E-state index in [9.17, 15) is 4.79 Å². The lowest BCUT2D eigenvalue weighted by Gasteiger charge is -2.16. The van der Waals surface area contributed by atoms with Gasteiger partial charge in [-0.25, -0.2) is 0 Å². The van der Waals surface area contributed by atoms with E-state index in [0.717, 1.165) is 5.69 Å². The number of nitrogens with one attached hydrogen (secondary N) is 1. The molecule has 0 aliphatic carbocycles. The molecule has 0 aromatic carbocycles. The highest BCUT2D eigenvalue weighted by Crippen LogP contribution is 2.09. The van der Waals surface area contributed by atoms with Gasteiger partial charge in [-0.3, -0.25) is 14.7 Å². The maximum absolute atomic E-state index is 11.6. The average molecular weight is 270 g/mol. The smallest absolute Gasteiger partial charge is 0.234 e. The van der Waals surface area contributed by atoms with Crippen LogP contribution in [0.15, 0.2) is 18.3 Å². The molecule has 0 spiro atoms. The maximum Gasteiger partial charge on any atom is 0.234 e. The van der Waals surface area contributed by atoms with E-state index in [0.29, 0.717) is 30.6 Å². The monoisotopic (exact) mass is 269 g/mol. The number of nitrogens with zero attached hydrogens (tertiary/aromatic N) is 2. The van der Waals surface area contributed by atoms with Gasteiger partial charge in [0.2, 0.25) is 5.91 Å². The topological polar surface area (TPSA) is 45.2 Å². The Hall–Kier alpha value is -1.13. The Balaban J connectivity index is 2.37. The van der Waals surface area contributed by atoms with Crippen molar-refractivity contribution in [1.29, 1.82) is 0 Å². The zero-order valence-electron chi connectivity index (χ0n) is 11.1. The number of carbonyl (C=O) groups is 1. The molecule has 0 aliphatic rings. The molecular formula is C13H20ClN3O. The fraction of sp³-hybridized carbons (Fsp3) is 0.538. The van der Waals surface area contributed by atoms with E-state index >= 15 is 0 Å². The van der Waals surface area contributed by atoms with E-state index < -0.39 is 0 Å². The zero-order valence-corrected chi connectivity index (χ0v) is 11.9. The molecule has 0 aliphatic heterocycles. The van der Waals surface area contributed by atoms with Crippen LogP contribution >= 0.6 is 11.6 Å². The van der Waals surface area contributed by atoms with Crippen LogP contribution in [0.5, 0.6) is 0 Å². The lowest BCUT2D eigenvalue weighted by molar-refractivity contribution is -0.122. The summed E-state index contributed by atoms with van der Waals surface area (Å²) in [4.78, 5) is 17.7. The van der Waals surface area contributed by atoms with Crippen LogP contribution in [0.1, 0.15) is 19.5 Å². The largest absolute Gasteiger partial charge is 0.355 e. The highest BCUT2D eigenvalue weighted by molar-refractivity contribution is 6.30. The Bertz CT molecular complexity index is 396. The zero-order chi connectivity index (χ0) is 13.5. The second kappa shape index (κ2) is 7.34. The molecule has 1 N–H and O–H groups in total. The first kappa shape index (κ1) is 14.9. The molecule has 0 unspecified atom stereocenters. The van der Waals surface area contributed by atoms with Gasteiger partial charge in [-0.1, -0.05) is 25.4 Å². The molecule has 4 nitrogen and oxygen atoms in total. The molecular weight excluding hydrogens is 250 g/mol. The second-order valence-electron chi connectivity index (χ2n) is 4.84. The fourth-order valence-corrected chi connectivity index (χ4v) is 1.67. The van der Waals surface area contributed by atoms with E-state index in [2.05, 4.69) is 24.1 Å². The molecule has 100 valence electrons. The van der Waals surface area contributed by atoms with Gasteiger partial charge in [0.05, 0.1) is 12.2 Å². The summed E-state index contributed by atoms with van der Waals surface area (Å²) < 4.78 is 0. The molecule has 5 heteroatoms. The summed E-state index contributed by atoms with van der Waals surface area (Å²) in [5.74, 6) is 0.502. The fourth-order valence-electron chi connectivity index (χ4n) is 1.49. The predicted molar refractivity (Wildman–Crippen MR) is 73.4 cm³/mol. The summed E-state index contributed by atoms with van der Waals surface area (Å²) >= 11 is 5.88. The van der Waals surface area contributed by atoms with Crippen molar-refractivity contribution < 1.29 is 4.79 Å². The number of aromatic nitrogens is 1. The summed E-state index contributed by atoms with van der Waals surface area (Å²) in [6.07, 6.45) is 1.67. The number of likely N-dealkylation sites (N-methyl/N-ethyl adjacent to an activating group) is 1. The summed E-state index contributed by atoms with van der Waals surface area (Å²) in [6, 6.07) is 3.55. The number of amides is 1. The molecule has 1 aromatic heterocycles. The summed E-state index contributed by atoms with van der Waals surface area (Å²) in [5.41, 5.74) is 0.863. The van der Waals surface area contributed by atoms with Crippen molar-refractivity contribution in [1.82, 2.24) is 15.2 Å². The van der Waals surface area contributed by atoms with Crippen molar-refractivity contribution in [2.75, 3.05) is 20.1 Å². The minimum absolute atomic E-state index is 0.0354. The lowest BCUT2D eigenvalue weighted by atomic mass is 10.2. The van der Waals surface area contributed by atoms with Crippen LogP contribution in [0.3, 0.4) is 0 Å². The second-order valence-corrected chi connectivity index (χ2v) is 5.27. The van der Waals surface area contributed by atoms with Crippen molar-refractivity contribution in [2.45, 2.75) is 20.4 Å². The van der Waals surface area contributed by atoms with E-state index in [4.69, 9.17) is 11.6 Å². The normalized spacial score (nSPS) is 11.0. The third-order valence-corrected chi connectivity index (χ3v) is 2.57. The minimum Gasteiger partial charge on any atom is -0.355 e. The summed E-state index contributed by atoms with van der Waals surface area (Å²) in [5, 5.41) is 3.55. The highest BCUT2D eigenvalue weighted by Gasteiger charge is 2.08. The Morgan fingerprint density at radius 1 is 1.56 bits per heavy atom. The Morgan fingerprint density at radius 2 is 2.28 bits per heavy atom. The number of hydrogen-bond donors (Lipinski definition) is 1. The first-order valence-electron chi connectivity index (χ1n) is 6.03. The molecule has 1 rings (SSSR count). The Morgan fingerprint density at radius 3 is 2.89 bits per heavy atom. The summed E-state index contributed by atoms with van der Waals surface area (Å²) in [6.45, 7) is 5.82. The Labute approximate surface area is 113 Å². The van der Waals surface area contributed by atoms with E-state index in [1.807, 2.05) is 18.0 Å². The molecule has 0 fully saturated rings. The molecule has 1 heterocycles. The predicted octanol–water partition coefficient (Wildman–Crippen LogP) is 1.94. The van der Waals surface area contributed by atoms with Gasteiger partial charge in [0.25, 0.3) is 0 Å². The molecule has 0 saturated heterocycles. The molecule has 0 saturated carbocycles. The van der Waals surface area contributed by atoms with Gasteiger partial charge in [-0.15, -0.1) is 0 Å². The Kier molecular flexibility index (Phi) is 6.09. The van der Waals surface area contributed by atoms with Crippen LogP contribution in [0.25, 0.3) is 0 Å². The molecule has 1 amide bonds. The van der Waals surface area contributed by atoms with Gasteiger partial charge in [0.1, 0.15) is 0 Å². The first-order valence-corrected chi connectivity index (χ1v) is 6.41. The summed E-state index contributed by atoms with van der Waals surface area (Å²) in [7, 11) is 1.89. The van der Waals surface area contributed by atoms with E-state index in [-0.39, 0.29) is 5.91 Å². The van der Waals surface area contributed by atoms with Crippen LogP contribution in [0.4, 0.5) is 0 Å². The van der Waals surface area contributed by atoms with Crippen molar-refractivity contribution in [3.63, 3.8) is 0 Å². The molecule has 0 atom stereocenters. The third kappa shape index (κ3) is 5.98. The number of halogens is 1. The van der Waals surface area contributed by atoms with Gasteiger partial charge >= 0.3 is 0 Å². The quantitative estimate of drug-likeness (QED) is 0.858. The SMILES string of the molecule is CC(C)CNC(=O)CN(C)Cc1cc(Cl)ccn1. The average Bonchev–Trinajstić information content (AvgIpc) is 2.26. The standard InChI is InChI=1S/C13H20ClN3O/c1-10(2)7-16-13(18)9-17(3)8-12-6-11(14)4-5-15-12/h4-6,10H,7-9H2,1-3H3,(H,16,18). The minimum atomic E-state index is 0.0354. The van der Waals surface area contributed by atoms with Crippen LogP contribution in [-0.2, 0) is 11.3 Å². The van der Waals surface area contributed by atoms with Crippen molar-refractivity contribution in [3.05, 3.63) is 29.0 Å². The van der Waals surface area contributed by atoms with Crippen molar-refractivity contribution in [3.8, 4) is 0 Å². The molecule has 0 bridgehead atoms. The van der Waals surface area contributed by atoms with Gasteiger partial charge in [0, 0.05) is 24.3 Å². The van der Waals surface area contributed by atoms with Gasteiger partial charge in [-0.2, -0.15) is 0 Å². The lowest BCUT2D eigenvalue weighted by Crippen LogP contribution is -2.36. The molecule has 0 radical (unpaired) electrons. The first-order chi connectivity index (χ1) is 8.47. The number of rotatable bonds is 6. The van der Waals surface area contributed by atoms with Crippen molar-refractivity contribution >= 4 is 17.5 Å². The van der Waals surface area contributed by atoms with E-state index in [1.54, 1.807) is 12.3 Å². The maximum atomic E-state index is 11.6. The van der Waals surface area contributed by atoms with Crippen LogP contribution < -0.4 is 5.32 Å². The van der Waals surface area contributed by atoms with Gasteiger partial charge < -0.3 is 5.32 Å². The van der Waals surface area contributed by atoms with Gasteiger partial charge in [-0.05, 0) is 25.1 Å². The van der Waals surface area contributed by atoms with Crippen LogP contribution in [0.2, 0.25) is 5.02 Å². The number of carbonyl (C=O) groups excluding carboxylic acids is 1. The number of pyridine rings is 1. The van der Waals surface area contributed by atoms with Crippen LogP contribution in [0, 0.1) is 5.92 Å². The molecule has 1 aromatic rings. The van der Waals surface area contributed by atoms with E-state index in [1.165, 1.54) is 0 Å². The van der Waals surface area contributed by atoms with Crippen LogP contribution in [-0.4, -0.2) is 35.9 Å². The highest BCUT2D eigenvalue weighted by atomic mass is 35.5. The molecule has 18 heavy (non-hydrogen) atoms. The number of hydrogen-bond acceptors (Lipinski definition) is 3. The van der Waals surface area contributed by atoms with Crippen molar-refractivity contribution in [2.24, 2.45) is 5.92 Å². The third-order valence-electron chi connectivity index (χ3n) is 2.33. The van der Waals surface area contributed by atoms with Gasteiger partial charge in [0.15, 0.2) is 0 Å².